The SMILES string of the molecule is CCSCc1ccc(NCCS)cc1. The molecule has 0 fully saturated rings. The van der Waals surface area contributed by atoms with Crippen LogP contribution in [0.3, 0.4) is 0 Å². The van der Waals surface area contributed by atoms with Crippen LogP contribution in [0.15, 0.2) is 24.3 Å². The predicted molar refractivity (Wildman–Crippen MR) is 70.6 cm³/mol. The van der Waals surface area contributed by atoms with Crippen LogP contribution in [0.1, 0.15) is 12.5 Å². The third-order valence-electron chi connectivity index (χ3n) is 1.87. The van der Waals surface area contributed by atoms with Crippen molar-refractivity contribution in [1.82, 2.24) is 0 Å². The van der Waals surface area contributed by atoms with Crippen LogP contribution >= 0.6 is 24.4 Å². The second-order valence-electron chi connectivity index (χ2n) is 2.98. The smallest absolute Gasteiger partial charge is 0.0340 e. The molecule has 0 unspecified atom stereocenters. The Bertz CT molecular complexity index is 219. The van der Waals surface area contributed by atoms with E-state index in [1.165, 1.54) is 17.0 Å². The van der Waals surface area contributed by atoms with E-state index in [2.05, 4.69) is 49.1 Å². The van der Waals surface area contributed by atoms with E-state index in [-0.39, 0.29) is 0 Å². The summed E-state index contributed by atoms with van der Waals surface area (Å²) in [5, 5.41) is 3.29. The molecule has 0 saturated carbocycles. The molecule has 0 saturated heterocycles. The minimum Gasteiger partial charge on any atom is -0.384 e. The Morgan fingerprint density at radius 3 is 2.57 bits per heavy atom. The Labute approximate surface area is 96.1 Å². The summed E-state index contributed by atoms with van der Waals surface area (Å²) >= 11 is 6.10. The second-order valence-corrected chi connectivity index (χ2v) is 4.71. The van der Waals surface area contributed by atoms with Crippen molar-refractivity contribution in [3.8, 4) is 0 Å². The van der Waals surface area contributed by atoms with Crippen LogP contribution in [0.2, 0.25) is 0 Å². The normalized spacial score (nSPS) is 10.1. The first-order chi connectivity index (χ1) is 6.86. The van der Waals surface area contributed by atoms with Gasteiger partial charge >= 0.3 is 0 Å². The Balaban J connectivity index is 2.42. The molecule has 0 heterocycles. The standard InChI is InChI=1S/C11H17NS2/c1-2-14-9-10-3-5-11(6-4-10)12-7-8-13/h3-6,12-13H,2,7-9H2,1H3. The quantitative estimate of drug-likeness (QED) is 0.723. The summed E-state index contributed by atoms with van der Waals surface area (Å²) in [4.78, 5) is 0. The molecule has 0 radical (unpaired) electrons. The van der Waals surface area contributed by atoms with Crippen LogP contribution in [0.4, 0.5) is 5.69 Å². The van der Waals surface area contributed by atoms with Gasteiger partial charge < -0.3 is 5.32 Å². The molecule has 1 aromatic rings. The van der Waals surface area contributed by atoms with E-state index >= 15 is 0 Å². The number of rotatable bonds is 6. The van der Waals surface area contributed by atoms with Gasteiger partial charge in [-0.1, -0.05) is 19.1 Å². The van der Waals surface area contributed by atoms with Crippen molar-refractivity contribution in [3.05, 3.63) is 29.8 Å². The highest BCUT2D eigenvalue weighted by atomic mass is 32.2. The van der Waals surface area contributed by atoms with Gasteiger partial charge in [0.05, 0.1) is 0 Å². The van der Waals surface area contributed by atoms with Crippen molar-refractivity contribution in [2.75, 3.05) is 23.4 Å². The van der Waals surface area contributed by atoms with E-state index in [0.717, 1.165) is 18.1 Å². The van der Waals surface area contributed by atoms with Gasteiger partial charge in [0.25, 0.3) is 0 Å². The Hall–Kier alpha value is -0.280. The van der Waals surface area contributed by atoms with Crippen LogP contribution in [-0.2, 0) is 5.75 Å². The summed E-state index contributed by atoms with van der Waals surface area (Å²) < 4.78 is 0. The van der Waals surface area contributed by atoms with E-state index in [0.29, 0.717) is 0 Å². The molecular weight excluding hydrogens is 210 g/mol. The molecule has 0 amide bonds. The first-order valence-corrected chi connectivity index (χ1v) is 6.67. The summed E-state index contributed by atoms with van der Waals surface area (Å²) in [6, 6.07) is 8.64. The van der Waals surface area contributed by atoms with Crippen LogP contribution in [0.25, 0.3) is 0 Å². The molecule has 78 valence electrons. The molecule has 0 aromatic heterocycles. The number of thiol groups is 1. The maximum atomic E-state index is 4.15. The lowest BCUT2D eigenvalue weighted by molar-refractivity contribution is 1.23. The lowest BCUT2D eigenvalue weighted by Gasteiger charge is -2.05. The monoisotopic (exact) mass is 227 g/mol. The number of hydrogen-bond acceptors (Lipinski definition) is 3. The van der Waals surface area contributed by atoms with Crippen molar-refractivity contribution < 1.29 is 0 Å². The van der Waals surface area contributed by atoms with E-state index in [1.807, 2.05) is 11.8 Å². The Morgan fingerprint density at radius 1 is 1.29 bits per heavy atom. The summed E-state index contributed by atoms with van der Waals surface area (Å²) in [7, 11) is 0. The Kier molecular flexibility index (Phi) is 5.96. The lowest BCUT2D eigenvalue weighted by atomic mass is 10.2. The summed E-state index contributed by atoms with van der Waals surface area (Å²) in [5.74, 6) is 3.16. The zero-order chi connectivity index (χ0) is 10.2. The van der Waals surface area contributed by atoms with Crippen LogP contribution in [0, 0.1) is 0 Å². The molecule has 0 atom stereocenters. The summed E-state index contributed by atoms with van der Waals surface area (Å²) in [5.41, 5.74) is 2.58. The predicted octanol–water partition coefficient (Wildman–Crippen LogP) is 3.28. The summed E-state index contributed by atoms with van der Waals surface area (Å²) in [6.07, 6.45) is 0. The Morgan fingerprint density at radius 2 is 2.00 bits per heavy atom. The maximum Gasteiger partial charge on any atom is 0.0340 e. The molecule has 0 aliphatic rings. The van der Waals surface area contributed by atoms with E-state index < -0.39 is 0 Å². The van der Waals surface area contributed by atoms with Crippen molar-refractivity contribution in [2.24, 2.45) is 0 Å². The van der Waals surface area contributed by atoms with Crippen molar-refractivity contribution in [2.45, 2.75) is 12.7 Å². The summed E-state index contributed by atoms with van der Waals surface area (Å²) in [6.45, 7) is 3.11. The van der Waals surface area contributed by atoms with Gasteiger partial charge in [-0.25, -0.2) is 0 Å². The maximum absolute atomic E-state index is 4.15. The first-order valence-electron chi connectivity index (χ1n) is 4.88. The first kappa shape index (κ1) is 11.8. The van der Waals surface area contributed by atoms with Gasteiger partial charge in [0, 0.05) is 23.7 Å². The average molecular weight is 227 g/mol. The van der Waals surface area contributed by atoms with Crippen LogP contribution < -0.4 is 5.32 Å². The molecule has 3 heteroatoms. The fourth-order valence-corrected chi connectivity index (χ4v) is 1.88. The van der Waals surface area contributed by atoms with Crippen molar-refractivity contribution >= 4 is 30.1 Å². The molecule has 1 rings (SSSR count). The zero-order valence-corrected chi connectivity index (χ0v) is 10.2. The molecule has 0 aliphatic carbocycles. The second kappa shape index (κ2) is 7.07. The topological polar surface area (TPSA) is 12.0 Å². The highest BCUT2D eigenvalue weighted by Crippen LogP contribution is 2.14. The molecule has 0 spiro atoms. The van der Waals surface area contributed by atoms with Gasteiger partial charge in [0.1, 0.15) is 0 Å². The molecule has 1 N–H and O–H groups in total. The van der Waals surface area contributed by atoms with Crippen LogP contribution in [0.5, 0.6) is 0 Å². The third-order valence-corrected chi connectivity index (χ3v) is 3.04. The van der Waals surface area contributed by atoms with Gasteiger partial charge in [-0.3, -0.25) is 0 Å². The molecule has 0 aliphatic heterocycles. The lowest BCUT2D eigenvalue weighted by Crippen LogP contribution is -2.01. The third kappa shape index (κ3) is 4.29. The number of benzene rings is 1. The molecule has 1 aromatic carbocycles. The van der Waals surface area contributed by atoms with Gasteiger partial charge in [-0.05, 0) is 23.4 Å². The number of hydrogen-bond donors (Lipinski definition) is 2. The van der Waals surface area contributed by atoms with Crippen molar-refractivity contribution in [3.63, 3.8) is 0 Å². The number of nitrogens with one attached hydrogen (secondary N) is 1. The number of thioether (sulfide) groups is 1. The van der Waals surface area contributed by atoms with Crippen molar-refractivity contribution in [1.29, 1.82) is 0 Å². The van der Waals surface area contributed by atoms with E-state index in [9.17, 15) is 0 Å². The van der Waals surface area contributed by atoms with E-state index in [4.69, 9.17) is 0 Å². The number of anilines is 1. The zero-order valence-electron chi connectivity index (χ0n) is 8.49. The van der Waals surface area contributed by atoms with Gasteiger partial charge in [0.2, 0.25) is 0 Å². The van der Waals surface area contributed by atoms with Gasteiger partial charge in [-0.15, -0.1) is 0 Å². The minimum absolute atomic E-state index is 0.868. The fraction of sp³-hybridized carbons (Fsp3) is 0.455. The van der Waals surface area contributed by atoms with Gasteiger partial charge in [0.15, 0.2) is 0 Å². The van der Waals surface area contributed by atoms with Gasteiger partial charge in [-0.2, -0.15) is 24.4 Å². The molecule has 0 bridgehead atoms. The molecular formula is C11H17NS2. The van der Waals surface area contributed by atoms with E-state index in [1.54, 1.807) is 0 Å². The highest BCUT2D eigenvalue weighted by molar-refractivity contribution is 7.98. The highest BCUT2D eigenvalue weighted by Gasteiger charge is 1.93. The fourth-order valence-electron chi connectivity index (χ4n) is 1.14. The average Bonchev–Trinajstić information content (AvgIpc) is 2.25. The molecule has 1 nitrogen and oxygen atoms in total. The van der Waals surface area contributed by atoms with Crippen LogP contribution in [-0.4, -0.2) is 18.1 Å². The minimum atomic E-state index is 0.868. The molecule has 14 heavy (non-hydrogen) atoms. The largest absolute Gasteiger partial charge is 0.384 e.